The maximum Gasteiger partial charge on any atom is 0.290 e. The van der Waals surface area contributed by atoms with Gasteiger partial charge in [-0.15, -0.1) is 0 Å². The average Bonchev–Trinajstić information content (AvgIpc) is 2.58. The van der Waals surface area contributed by atoms with E-state index in [1.54, 1.807) is 24.3 Å². The number of hydrogen-bond donors (Lipinski definition) is 1. The Morgan fingerprint density at radius 1 is 1.12 bits per heavy atom. The molecule has 0 bridgehead atoms. The molecule has 0 fully saturated rings. The van der Waals surface area contributed by atoms with Gasteiger partial charge < -0.3 is 5.73 Å². The summed E-state index contributed by atoms with van der Waals surface area (Å²) in [4.78, 5) is 10.0. The predicted octanol–water partition coefficient (Wildman–Crippen LogP) is 2.79. The first-order chi connectivity index (χ1) is 11.9. The molecular weight excluding hydrogens is 366 g/mol. The first-order valence-electron chi connectivity index (χ1n) is 7.55. The molecule has 2 N–H and O–H groups in total. The zero-order valence-corrected chi connectivity index (χ0v) is 14.9. The van der Waals surface area contributed by atoms with Gasteiger partial charge in [-0.05, 0) is 24.6 Å². The molecule has 2 rings (SSSR count). The Hall–Kier alpha value is -2.00. The number of rotatable bonds is 8. The van der Waals surface area contributed by atoms with Gasteiger partial charge in [0.05, 0.1) is 9.95 Å². The van der Waals surface area contributed by atoms with Crippen molar-refractivity contribution in [1.29, 1.82) is 0 Å². The first-order valence-corrected chi connectivity index (χ1v) is 9.36. The van der Waals surface area contributed by atoms with Gasteiger partial charge in [-0.3, -0.25) is 10.1 Å². The molecule has 0 saturated carbocycles. The van der Waals surface area contributed by atoms with Gasteiger partial charge >= 0.3 is 0 Å². The number of sulfonamides is 1. The summed E-state index contributed by atoms with van der Waals surface area (Å²) in [6.45, 7) is 0.507. The van der Waals surface area contributed by atoms with E-state index in [0.717, 1.165) is 11.6 Å². The standard InChI is InChI=1S/C16H18ClN3O4S/c17-14-8-4-9-15(20(21)22)16(14)25(23,24)19(11-5-10-18)12-13-6-2-1-3-7-13/h1-4,6-9H,5,10-12,18H2. The minimum absolute atomic E-state index is 0.0750. The van der Waals surface area contributed by atoms with Crippen LogP contribution >= 0.6 is 11.6 Å². The lowest BCUT2D eigenvalue weighted by Gasteiger charge is -2.22. The summed E-state index contributed by atoms with van der Waals surface area (Å²) in [7, 11) is -4.17. The molecule has 0 atom stereocenters. The Bertz CT molecular complexity index is 844. The van der Waals surface area contributed by atoms with Crippen molar-refractivity contribution in [2.24, 2.45) is 5.73 Å². The molecule has 0 radical (unpaired) electrons. The maximum absolute atomic E-state index is 13.1. The minimum Gasteiger partial charge on any atom is -0.330 e. The third-order valence-electron chi connectivity index (χ3n) is 3.55. The molecular formula is C16H18ClN3O4S. The lowest BCUT2D eigenvalue weighted by Crippen LogP contribution is -2.33. The second-order valence-corrected chi connectivity index (χ2v) is 7.59. The highest BCUT2D eigenvalue weighted by atomic mass is 35.5. The van der Waals surface area contributed by atoms with E-state index in [9.17, 15) is 18.5 Å². The number of benzene rings is 2. The van der Waals surface area contributed by atoms with Gasteiger partial charge in [0, 0.05) is 19.2 Å². The van der Waals surface area contributed by atoms with Crippen LogP contribution in [0.5, 0.6) is 0 Å². The Balaban J connectivity index is 2.50. The van der Waals surface area contributed by atoms with Crippen molar-refractivity contribution in [2.45, 2.75) is 17.9 Å². The molecule has 7 nitrogen and oxygen atoms in total. The number of hydrogen-bond acceptors (Lipinski definition) is 5. The molecule has 25 heavy (non-hydrogen) atoms. The molecule has 0 aliphatic rings. The van der Waals surface area contributed by atoms with Gasteiger partial charge in [0.2, 0.25) is 0 Å². The molecule has 0 aliphatic heterocycles. The number of halogens is 1. The first kappa shape index (κ1) is 19.3. The second kappa shape index (κ2) is 8.39. The monoisotopic (exact) mass is 383 g/mol. The maximum atomic E-state index is 13.1. The quantitative estimate of drug-likeness (QED) is 0.557. The van der Waals surface area contributed by atoms with Gasteiger partial charge in [0.25, 0.3) is 15.7 Å². The van der Waals surface area contributed by atoms with E-state index < -0.39 is 25.5 Å². The largest absolute Gasteiger partial charge is 0.330 e. The van der Waals surface area contributed by atoms with Crippen LogP contribution in [-0.4, -0.2) is 30.7 Å². The van der Waals surface area contributed by atoms with Crippen LogP contribution < -0.4 is 5.73 Å². The fourth-order valence-electron chi connectivity index (χ4n) is 2.36. The Labute approximate surface area is 151 Å². The average molecular weight is 384 g/mol. The molecule has 2 aromatic rings. The van der Waals surface area contributed by atoms with Crippen LogP contribution in [0.4, 0.5) is 5.69 Å². The molecule has 134 valence electrons. The van der Waals surface area contributed by atoms with E-state index in [2.05, 4.69) is 0 Å². The summed E-state index contributed by atoms with van der Waals surface area (Å²) in [5.74, 6) is 0. The van der Waals surface area contributed by atoms with Gasteiger partial charge in [-0.2, -0.15) is 4.31 Å². The highest BCUT2D eigenvalue weighted by molar-refractivity contribution is 7.89. The predicted molar refractivity (Wildman–Crippen MR) is 95.8 cm³/mol. The van der Waals surface area contributed by atoms with Crippen molar-refractivity contribution >= 4 is 27.3 Å². The fourth-order valence-corrected chi connectivity index (χ4v) is 4.49. The van der Waals surface area contributed by atoms with E-state index >= 15 is 0 Å². The summed E-state index contributed by atoms with van der Waals surface area (Å²) < 4.78 is 27.3. The van der Waals surface area contributed by atoms with Crippen LogP contribution in [0.15, 0.2) is 53.4 Å². The summed E-state index contributed by atoms with van der Waals surface area (Å²) in [5, 5.41) is 11.1. The topological polar surface area (TPSA) is 107 Å². The third kappa shape index (κ3) is 4.55. The number of nitrogens with zero attached hydrogens (tertiary/aromatic N) is 2. The van der Waals surface area contributed by atoms with Gasteiger partial charge in [0.15, 0.2) is 4.90 Å². The van der Waals surface area contributed by atoms with Crippen LogP contribution in [0.1, 0.15) is 12.0 Å². The minimum atomic E-state index is -4.17. The third-order valence-corrected chi connectivity index (χ3v) is 5.92. The summed E-state index contributed by atoms with van der Waals surface area (Å²) in [6, 6.07) is 12.8. The Kier molecular flexibility index (Phi) is 6.49. The second-order valence-electron chi connectivity index (χ2n) is 5.31. The zero-order valence-electron chi connectivity index (χ0n) is 13.3. The van der Waals surface area contributed by atoms with E-state index in [-0.39, 0.29) is 18.1 Å². The molecule has 0 spiro atoms. The van der Waals surface area contributed by atoms with Crippen LogP contribution in [0, 0.1) is 10.1 Å². The Morgan fingerprint density at radius 3 is 2.40 bits per heavy atom. The van der Waals surface area contributed by atoms with Crippen molar-refractivity contribution in [2.75, 3.05) is 13.1 Å². The van der Waals surface area contributed by atoms with Crippen LogP contribution in [0.25, 0.3) is 0 Å². The van der Waals surface area contributed by atoms with E-state index in [0.29, 0.717) is 13.0 Å². The van der Waals surface area contributed by atoms with Crippen molar-refractivity contribution in [1.82, 2.24) is 4.31 Å². The highest BCUT2D eigenvalue weighted by Gasteiger charge is 2.33. The zero-order chi connectivity index (χ0) is 18.4. The molecule has 0 aromatic heterocycles. The van der Waals surface area contributed by atoms with Crippen molar-refractivity contribution in [3.05, 3.63) is 69.2 Å². The van der Waals surface area contributed by atoms with Crippen molar-refractivity contribution in [3.63, 3.8) is 0 Å². The van der Waals surface area contributed by atoms with Crippen LogP contribution in [0.3, 0.4) is 0 Å². The van der Waals surface area contributed by atoms with E-state index in [1.165, 1.54) is 16.4 Å². The molecule has 0 amide bonds. The SMILES string of the molecule is NCCCN(Cc1ccccc1)S(=O)(=O)c1c(Cl)cccc1[N+](=O)[O-]. The molecule has 9 heteroatoms. The number of nitro groups is 1. The summed E-state index contributed by atoms with van der Waals surface area (Å²) in [5.41, 5.74) is 5.72. The lowest BCUT2D eigenvalue weighted by atomic mass is 10.2. The molecule has 0 heterocycles. The van der Waals surface area contributed by atoms with Crippen molar-refractivity contribution < 1.29 is 13.3 Å². The van der Waals surface area contributed by atoms with E-state index in [4.69, 9.17) is 17.3 Å². The fraction of sp³-hybridized carbons (Fsp3) is 0.250. The molecule has 0 saturated heterocycles. The van der Waals surface area contributed by atoms with Crippen LogP contribution in [-0.2, 0) is 16.6 Å². The molecule has 0 aliphatic carbocycles. The smallest absolute Gasteiger partial charge is 0.290 e. The van der Waals surface area contributed by atoms with Crippen molar-refractivity contribution in [3.8, 4) is 0 Å². The number of nitro benzene ring substituents is 1. The van der Waals surface area contributed by atoms with Crippen LogP contribution in [0.2, 0.25) is 5.02 Å². The molecule has 0 unspecified atom stereocenters. The molecule has 2 aromatic carbocycles. The van der Waals surface area contributed by atoms with Gasteiger partial charge in [-0.25, -0.2) is 8.42 Å². The Morgan fingerprint density at radius 2 is 1.80 bits per heavy atom. The highest BCUT2D eigenvalue weighted by Crippen LogP contribution is 2.33. The lowest BCUT2D eigenvalue weighted by molar-refractivity contribution is -0.387. The van der Waals surface area contributed by atoms with E-state index in [1.807, 2.05) is 6.07 Å². The van der Waals surface area contributed by atoms with Gasteiger partial charge in [0.1, 0.15) is 0 Å². The number of nitrogens with two attached hydrogens (primary N) is 1. The normalized spacial score (nSPS) is 11.6. The summed E-state index contributed by atoms with van der Waals surface area (Å²) >= 11 is 6.00. The summed E-state index contributed by atoms with van der Waals surface area (Å²) in [6.07, 6.45) is 0.421. The van der Waals surface area contributed by atoms with Gasteiger partial charge in [-0.1, -0.05) is 48.0 Å².